The molecule has 3 amide bonds. The third kappa shape index (κ3) is 2.90. The molecule has 0 radical (unpaired) electrons. The molecule has 2 aromatic carbocycles. The SMILES string of the molecule is O=C(COc1ccccc1)NCC12C=CC(O1)C1C(=O)N(c3ccccc3)C(=O)C12. The molecular formula is C23H20N2O5. The van der Waals surface area contributed by atoms with Gasteiger partial charge in [0.05, 0.1) is 30.2 Å². The van der Waals surface area contributed by atoms with Crippen molar-refractivity contribution in [1.29, 1.82) is 0 Å². The first-order chi connectivity index (χ1) is 14.6. The van der Waals surface area contributed by atoms with Crippen molar-refractivity contribution in [3.8, 4) is 5.75 Å². The highest BCUT2D eigenvalue weighted by Crippen LogP contribution is 2.52. The molecule has 0 spiro atoms. The summed E-state index contributed by atoms with van der Waals surface area (Å²) >= 11 is 0. The van der Waals surface area contributed by atoms with E-state index in [2.05, 4.69) is 5.32 Å². The normalized spacial score (nSPS) is 28.7. The van der Waals surface area contributed by atoms with Crippen molar-refractivity contribution in [3.05, 3.63) is 72.8 Å². The van der Waals surface area contributed by atoms with Crippen LogP contribution < -0.4 is 15.0 Å². The molecule has 4 atom stereocenters. The highest BCUT2D eigenvalue weighted by atomic mass is 16.5. The van der Waals surface area contributed by atoms with Crippen molar-refractivity contribution in [1.82, 2.24) is 5.32 Å². The number of hydrogen-bond acceptors (Lipinski definition) is 5. The molecule has 7 heteroatoms. The van der Waals surface area contributed by atoms with Gasteiger partial charge in [-0.3, -0.25) is 14.4 Å². The van der Waals surface area contributed by atoms with Gasteiger partial charge < -0.3 is 14.8 Å². The monoisotopic (exact) mass is 404 g/mol. The summed E-state index contributed by atoms with van der Waals surface area (Å²) in [6.45, 7) is -0.0514. The quantitative estimate of drug-likeness (QED) is 0.585. The van der Waals surface area contributed by atoms with Crippen LogP contribution in [0, 0.1) is 11.8 Å². The zero-order chi connectivity index (χ0) is 20.7. The van der Waals surface area contributed by atoms with Crippen LogP contribution in [0.4, 0.5) is 5.69 Å². The lowest BCUT2D eigenvalue weighted by Gasteiger charge is -2.29. The number of para-hydroxylation sites is 2. The zero-order valence-corrected chi connectivity index (χ0v) is 16.1. The summed E-state index contributed by atoms with van der Waals surface area (Å²) < 4.78 is 11.5. The molecule has 1 N–H and O–H groups in total. The molecule has 2 bridgehead atoms. The smallest absolute Gasteiger partial charge is 0.258 e. The molecule has 30 heavy (non-hydrogen) atoms. The molecule has 3 heterocycles. The standard InChI is InChI=1S/C23H20N2O5/c26-18(13-29-16-9-5-2-6-10-16)24-14-23-12-11-17(30-23)19-20(23)22(28)25(21(19)27)15-7-3-1-4-8-15/h1-12,17,19-20H,13-14H2,(H,24,26). The van der Waals surface area contributed by atoms with Gasteiger partial charge in [0, 0.05) is 0 Å². The third-order valence-electron chi connectivity index (χ3n) is 5.84. The van der Waals surface area contributed by atoms with E-state index in [1.165, 1.54) is 4.90 Å². The summed E-state index contributed by atoms with van der Waals surface area (Å²) in [5.41, 5.74) is -0.467. The van der Waals surface area contributed by atoms with E-state index >= 15 is 0 Å². The maximum absolute atomic E-state index is 13.2. The fraction of sp³-hybridized carbons (Fsp3) is 0.261. The van der Waals surface area contributed by atoms with Crippen LogP contribution >= 0.6 is 0 Å². The molecule has 3 aliphatic rings. The molecular weight excluding hydrogens is 384 g/mol. The van der Waals surface area contributed by atoms with Gasteiger partial charge in [0.2, 0.25) is 11.8 Å². The highest BCUT2D eigenvalue weighted by Gasteiger charge is 2.67. The van der Waals surface area contributed by atoms with Crippen LogP contribution in [0.25, 0.3) is 0 Å². The van der Waals surface area contributed by atoms with E-state index < -0.39 is 23.5 Å². The van der Waals surface area contributed by atoms with Crippen molar-refractivity contribution in [3.63, 3.8) is 0 Å². The zero-order valence-electron chi connectivity index (χ0n) is 16.1. The van der Waals surface area contributed by atoms with Crippen LogP contribution in [0.5, 0.6) is 5.75 Å². The van der Waals surface area contributed by atoms with E-state index in [4.69, 9.17) is 9.47 Å². The summed E-state index contributed by atoms with van der Waals surface area (Å²) in [4.78, 5) is 39.7. The second-order valence-electron chi connectivity index (χ2n) is 7.63. The molecule has 0 saturated carbocycles. The first-order valence-electron chi connectivity index (χ1n) is 9.84. The van der Waals surface area contributed by atoms with Crippen LogP contribution in [0.2, 0.25) is 0 Å². The van der Waals surface area contributed by atoms with Gasteiger partial charge in [0.25, 0.3) is 5.91 Å². The Hall–Kier alpha value is -3.45. The predicted molar refractivity (Wildman–Crippen MR) is 108 cm³/mol. The largest absolute Gasteiger partial charge is 0.484 e. The van der Waals surface area contributed by atoms with E-state index in [1.54, 1.807) is 42.5 Å². The number of carbonyl (C=O) groups excluding carboxylic acids is 3. The van der Waals surface area contributed by atoms with Crippen molar-refractivity contribution in [2.75, 3.05) is 18.1 Å². The number of imide groups is 1. The minimum atomic E-state index is -1.02. The Morgan fingerprint density at radius 3 is 2.47 bits per heavy atom. The first-order valence-corrected chi connectivity index (χ1v) is 9.84. The third-order valence-corrected chi connectivity index (χ3v) is 5.84. The van der Waals surface area contributed by atoms with Gasteiger partial charge in [-0.25, -0.2) is 4.90 Å². The Bertz CT molecular complexity index is 1020. The molecule has 2 aromatic rings. The number of nitrogens with one attached hydrogen (secondary N) is 1. The molecule has 2 fully saturated rings. The Balaban J connectivity index is 1.29. The number of nitrogens with zero attached hydrogens (tertiary/aromatic N) is 1. The number of anilines is 1. The average Bonchev–Trinajstić information content (AvgIpc) is 3.42. The Kier molecular flexibility index (Phi) is 4.40. The molecule has 4 unspecified atom stereocenters. The van der Waals surface area contributed by atoms with E-state index in [0.717, 1.165) is 0 Å². The summed E-state index contributed by atoms with van der Waals surface area (Å²) in [6, 6.07) is 17.9. The predicted octanol–water partition coefficient (Wildman–Crippen LogP) is 1.69. The van der Waals surface area contributed by atoms with Gasteiger partial charge in [0.1, 0.15) is 11.4 Å². The van der Waals surface area contributed by atoms with E-state index in [1.807, 2.05) is 30.3 Å². The molecule has 152 valence electrons. The Morgan fingerprint density at radius 2 is 1.73 bits per heavy atom. The maximum Gasteiger partial charge on any atom is 0.258 e. The van der Waals surface area contributed by atoms with Crippen molar-refractivity contribution in [2.45, 2.75) is 11.7 Å². The van der Waals surface area contributed by atoms with Crippen molar-refractivity contribution in [2.24, 2.45) is 11.8 Å². The maximum atomic E-state index is 13.2. The lowest BCUT2D eigenvalue weighted by molar-refractivity contribution is -0.129. The van der Waals surface area contributed by atoms with E-state index in [-0.39, 0.29) is 30.9 Å². The number of fused-ring (bicyclic) bond motifs is 5. The second kappa shape index (κ2) is 7.11. The van der Waals surface area contributed by atoms with Gasteiger partial charge in [-0.2, -0.15) is 0 Å². The molecule has 7 nitrogen and oxygen atoms in total. The van der Waals surface area contributed by atoms with Gasteiger partial charge in [0.15, 0.2) is 6.61 Å². The van der Waals surface area contributed by atoms with Crippen LogP contribution in [-0.4, -0.2) is 42.6 Å². The summed E-state index contributed by atoms with van der Waals surface area (Å²) in [6.07, 6.45) is 3.15. The fourth-order valence-corrected chi connectivity index (χ4v) is 4.49. The Morgan fingerprint density at radius 1 is 1.03 bits per heavy atom. The number of hydrogen-bond donors (Lipinski definition) is 1. The molecule has 2 saturated heterocycles. The minimum Gasteiger partial charge on any atom is -0.484 e. The second-order valence-corrected chi connectivity index (χ2v) is 7.63. The molecule has 0 aliphatic carbocycles. The van der Waals surface area contributed by atoms with Gasteiger partial charge in [-0.1, -0.05) is 48.6 Å². The number of ether oxygens (including phenoxy) is 2. The minimum absolute atomic E-state index is 0.0970. The topological polar surface area (TPSA) is 84.9 Å². The van der Waals surface area contributed by atoms with Crippen molar-refractivity contribution >= 4 is 23.4 Å². The first kappa shape index (κ1) is 18.6. The van der Waals surface area contributed by atoms with Crippen LogP contribution in [0.15, 0.2) is 72.8 Å². The fourth-order valence-electron chi connectivity index (χ4n) is 4.49. The van der Waals surface area contributed by atoms with E-state index in [0.29, 0.717) is 11.4 Å². The molecule has 5 rings (SSSR count). The highest BCUT2D eigenvalue weighted by molar-refractivity contribution is 6.23. The lowest BCUT2D eigenvalue weighted by atomic mass is 9.77. The number of rotatable bonds is 6. The van der Waals surface area contributed by atoms with Crippen LogP contribution in [-0.2, 0) is 19.1 Å². The van der Waals surface area contributed by atoms with Gasteiger partial charge in [-0.05, 0) is 24.3 Å². The van der Waals surface area contributed by atoms with Crippen LogP contribution in [0.1, 0.15) is 0 Å². The molecule has 3 aliphatic heterocycles. The summed E-state index contributed by atoms with van der Waals surface area (Å²) in [5, 5.41) is 2.79. The van der Waals surface area contributed by atoms with Gasteiger partial charge >= 0.3 is 0 Å². The number of carbonyl (C=O) groups is 3. The van der Waals surface area contributed by atoms with Crippen molar-refractivity contribution < 1.29 is 23.9 Å². The average molecular weight is 404 g/mol. The Labute approximate surface area is 173 Å². The van der Waals surface area contributed by atoms with E-state index in [9.17, 15) is 14.4 Å². The summed E-state index contributed by atoms with van der Waals surface area (Å²) in [7, 11) is 0. The summed E-state index contributed by atoms with van der Waals surface area (Å²) in [5.74, 6) is -1.51. The van der Waals surface area contributed by atoms with Gasteiger partial charge in [-0.15, -0.1) is 0 Å². The van der Waals surface area contributed by atoms with Crippen LogP contribution in [0.3, 0.4) is 0 Å². The lowest BCUT2D eigenvalue weighted by Crippen LogP contribution is -2.49. The molecule has 0 aromatic heterocycles. The number of benzene rings is 2. The number of amides is 3.